The van der Waals surface area contributed by atoms with Crippen LogP contribution in [0.4, 0.5) is 0 Å². The van der Waals surface area contributed by atoms with E-state index in [2.05, 4.69) is 19.2 Å². The monoisotopic (exact) mass is 406 g/mol. The van der Waals surface area contributed by atoms with Crippen LogP contribution in [-0.2, 0) is 27.7 Å². The molecule has 5 nitrogen and oxygen atoms in total. The minimum Gasteiger partial charge on any atom is -0.353 e. The number of benzene rings is 1. The summed E-state index contributed by atoms with van der Waals surface area (Å²) >= 11 is 0. The van der Waals surface area contributed by atoms with Crippen LogP contribution >= 0.6 is 0 Å². The summed E-state index contributed by atoms with van der Waals surface area (Å²) in [5, 5.41) is 3.12. The molecule has 2 aliphatic rings. The van der Waals surface area contributed by atoms with Crippen molar-refractivity contribution >= 4 is 15.9 Å². The van der Waals surface area contributed by atoms with Crippen LogP contribution in [0.15, 0.2) is 23.1 Å². The number of aryl methyl sites for hydroxylation is 2. The Hall–Kier alpha value is -1.40. The first-order valence-electron chi connectivity index (χ1n) is 10.8. The predicted octanol–water partition coefficient (Wildman–Crippen LogP) is 3.66. The van der Waals surface area contributed by atoms with E-state index >= 15 is 0 Å². The molecule has 1 aromatic rings. The molecule has 0 saturated carbocycles. The standard InChI is InChI=1S/C22H34N2O3S/c1-3-4-5-7-17(2)23-22(25)19-12-14-24(15-13-19)28(26,27)21-11-10-18-8-6-9-20(18)16-21/h10-11,16-17,19H,3-9,12-15H2,1-2H3,(H,23,25). The molecule has 6 heteroatoms. The van der Waals surface area contributed by atoms with Gasteiger partial charge in [0.1, 0.15) is 0 Å². The van der Waals surface area contributed by atoms with Crippen molar-refractivity contribution in [1.82, 2.24) is 9.62 Å². The van der Waals surface area contributed by atoms with Crippen molar-refractivity contribution in [3.05, 3.63) is 29.3 Å². The molecule has 1 amide bonds. The maximum absolute atomic E-state index is 13.0. The number of unbranched alkanes of at least 4 members (excludes halogenated alkanes) is 2. The summed E-state index contributed by atoms with van der Waals surface area (Å²) in [6, 6.07) is 5.76. The van der Waals surface area contributed by atoms with Crippen LogP contribution in [0.3, 0.4) is 0 Å². The molecule has 0 radical (unpaired) electrons. The molecule has 3 rings (SSSR count). The molecule has 156 valence electrons. The summed E-state index contributed by atoms with van der Waals surface area (Å²) in [5.74, 6) is -0.00123. The zero-order valence-electron chi connectivity index (χ0n) is 17.2. The zero-order chi connectivity index (χ0) is 20.1. The fourth-order valence-corrected chi connectivity index (χ4v) is 5.87. The van der Waals surface area contributed by atoms with Gasteiger partial charge in [-0.2, -0.15) is 4.31 Å². The van der Waals surface area contributed by atoms with Gasteiger partial charge < -0.3 is 5.32 Å². The molecular formula is C22H34N2O3S. The van der Waals surface area contributed by atoms with Crippen molar-refractivity contribution in [1.29, 1.82) is 0 Å². The second-order valence-electron chi connectivity index (χ2n) is 8.37. The quantitative estimate of drug-likeness (QED) is 0.670. The van der Waals surface area contributed by atoms with E-state index in [1.165, 1.54) is 24.0 Å². The lowest BCUT2D eigenvalue weighted by molar-refractivity contribution is -0.126. The number of rotatable bonds is 8. The molecule has 1 saturated heterocycles. The molecule has 1 atom stereocenters. The van der Waals surface area contributed by atoms with Crippen molar-refractivity contribution in [2.75, 3.05) is 13.1 Å². The predicted molar refractivity (Wildman–Crippen MR) is 112 cm³/mol. The van der Waals surface area contributed by atoms with Gasteiger partial charge in [-0.3, -0.25) is 4.79 Å². The average Bonchev–Trinajstić information content (AvgIpc) is 3.16. The Morgan fingerprint density at radius 2 is 1.89 bits per heavy atom. The molecule has 0 bridgehead atoms. The number of fused-ring (bicyclic) bond motifs is 1. The molecule has 0 aromatic heterocycles. The Bertz CT molecular complexity index is 783. The number of sulfonamides is 1. The van der Waals surface area contributed by atoms with Gasteiger partial charge in [-0.1, -0.05) is 32.3 Å². The second kappa shape index (κ2) is 9.40. The molecule has 1 aliphatic carbocycles. The largest absolute Gasteiger partial charge is 0.353 e. The number of amides is 1. The van der Waals surface area contributed by atoms with E-state index in [0.29, 0.717) is 30.8 Å². The topological polar surface area (TPSA) is 66.5 Å². The molecule has 1 fully saturated rings. The zero-order valence-corrected chi connectivity index (χ0v) is 18.1. The van der Waals surface area contributed by atoms with E-state index in [4.69, 9.17) is 0 Å². The van der Waals surface area contributed by atoms with Crippen LogP contribution in [-0.4, -0.2) is 37.8 Å². The number of nitrogens with zero attached hydrogens (tertiary/aromatic N) is 1. The van der Waals surface area contributed by atoms with Gasteiger partial charge in [0.2, 0.25) is 15.9 Å². The smallest absolute Gasteiger partial charge is 0.243 e. The Balaban J connectivity index is 1.53. The van der Waals surface area contributed by atoms with E-state index in [1.54, 1.807) is 10.4 Å². The van der Waals surface area contributed by atoms with Crippen molar-refractivity contribution in [3.63, 3.8) is 0 Å². The van der Waals surface area contributed by atoms with Gasteiger partial charge in [0.25, 0.3) is 0 Å². The number of carbonyl (C=O) groups is 1. The van der Waals surface area contributed by atoms with Gasteiger partial charge in [0.05, 0.1) is 4.90 Å². The minimum atomic E-state index is -3.47. The fourth-order valence-electron chi connectivity index (χ4n) is 4.35. The lowest BCUT2D eigenvalue weighted by atomic mass is 9.96. The number of nitrogens with one attached hydrogen (secondary N) is 1. The average molecular weight is 407 g/mol. The minimum absolute atomic E-state index is 0.0820. The van der Waals surface area contributed by atoms with E-state index in [9.17, 15) is 13.2 Å². The molecule has 1 aromatic carbocycles. The SMILES string of the molecule is CCCCCC(C)NC(=O)C1CCN(S(=O)(=O)c2ccc3c(c2)CCC3)CC1. The van der Waals surface area contributed by atoms with E-state index in [0.717, 1.165) is 32.1 Å². The highest BCUT2D eigenvalue weighted by Crippen LogP contribution is 2.28. The summed E-state index contributed by atoms with van der Waals surface area (Å²) < 4.78 is 27.6. The summed E-state index contributed by atoms with van der Waals surface area (Å²) in [4.78, 5) is 12.9. The highest BCUT2D eigenvalue weighted by molar-refractivity contribution is 7.89. The molecule has 0 spiro atoms. The van der Waals surface area contributed by atoms with E-state index in [1.807, 2.05) is 12.1 Å². The van der Waals surface area contributed by atoms with Crippen LogP contribution in [0, 0.1) is 5.92 Å². The van der Waals surface area contributed by atoms with Crippen LogP contribution in [0.25, 0.3) is 0 Å². The van der Waals surface area contributed by atoms with Crippen LogP contribution in [0.2, 0.25) is 0 Å². The first-order valence-corrected chi connectivity index (χ1v) is 12.3. The van der Waals surface area contributed by atoms with Gasteiger partial charge in [0.15, 0.2) is 0 Å². The molecular weight excluding hydrogens is 372 g/mol. The molecule has 1 unspecified atom stereocenters. The summed E-state index contributed by atoms with van der Waals surface area (Å²) in [6.07, 6.45) is 8.83. The normalized spacial score (nSPS) is 19.4. The Labute approximate surface area is 169 Å². The van der Waals surface area contributed by atoms with Crippen molar-refractivity contribution in [2.45, 2.75) is 82.6 Å². The van der Waals surface area contributed by atoms with Crippen LogP contribution in [0.5, 0.6) is 0 Å². The van der Waals surface area contributed by atoms with Crippen molar-refractivity contribution in [2.24, 2.45) is 5.92 Å². The second-order valence-corrected chi connectivity index (χ2v) is 10.3. The Morgan fingerprint density at radius 3 is 2.61 bits per heavy atom. The summed E-state index contributed by atoms with van der Waals surface area (Å²) in [5.41, 5.74) is 2.45. The van der Waals surface area contributed by atoms with Gasteiger partial charge in [-0.25, -0.2) is 8.42 Å². The molecule has 1 N–H and O–H groups in total. The van der Waals surface area contributed by atoms with Gasteiger partial charge in [0, 0.05) is 25.0 Å². The lowest BCUT2D eigenvalue weighted by Gasteiger charge is -2.31. The first kappa shape index (κ1) is 21.3. The van der Waals surface area contributed by atoms with Gasteiger partial charge in [-0.05, 0) is 68.7 Å². The van der Waals surface area contributed by atoms with Gasteiger partial charge >= 0.3 is 0 Å². The number of carbonyl (C=O) groups excluding carboxylic acids is 1. The third-order valence-corrected chi connectivity index (χ3v) is 8.06. The Kier molecular flexibility index (Phi) is 7.15. The molecule has 28 heavy (non-hydrogen) atoms. The van der Waals surface area contributed by atoms with Crippen molar-refractivity contribution < 1.29 is 13.2 Å². The maximum atomic E-state index is 13.0. The summed E-state index contributed by atoms with van der Waals surface area (Å²) in [7, 11) is -3.47. The van der Waals surface area contributed by atoms with E-state index < -0.39 is 10.0 Å². The third kappa shape index (κ3) is 4.95. The number of hydrogen-bond donors (Lipinski definition) is 1. The lowest BCUT2D eigenvalue weighted by Crippen LogP contribution is -2.44. The highest BCUT2D eigenvalue weighted by atomic mass is 32.2. The molecule has 1 heterocycles. The number of hydrogen-bond acceptors (Lipinski definition) is 3. The highest BCUT2D eigenvalue weighted by Gasteiger charge is 2.32. The first-order chi connectivity index (χ1) is 13.4. The van der Waals surface area contributed by atoms with Crippen LogP contribution < -0.4 is 5.32 Å². The van der Waals surface area contributed by atoms with Gasteiger partial charge in [-0.15, -0.1) is 0 Å². The van der Waals surface area contributed by atoms with E-state index in [-0.39, 0.29) is 17.9 Å². The fraction of sp³-hybridized carbons (Fsp3) is 0.682. The summed E-state index contributed by atoms with van der Waals surface area (Å²) in [6.45, 7) is 5.07. The molecule has 1 aliphatic heterocycles. The maximum Gasteiger partial charge on any atom is 0.243 e. The number of piperidine rings is 1. The Morgan fingerprint density at radius 1 is 1.18 bits per heavy atom. The van der Waals surface area contributed by atoms with Crippen LogP contribution in [0.1, 0.15) is 69.9 Å². The van der Waals surface area contributed by atoms with Crippen molar-refractivity contribution in [3.8, 4) is 0 Å². The third-order valence-electron chi connectivity index (χ3n) is 6.16.